The van der Waals surface area contributed by atoms with Crippen LogP contribution >= 0.6 is 0 Å². The Bertz CT molecular complexity index is 486. The summed E-state index contributed by atoms with van der Waals surface area (Å²) in [5.74, 6) is -2.80. The first kappa shape index (κ1) is 23.8. The van der Waals surface area contributed by atoms with Crippen molar-refractivity contribution < 1.29 is 24.3 Å². The fourth-order valence-corrected chi connectivity index (χ4v) is 2.03. The molecule has 3 atom stereocenters. The van der Waals surface area contributed by atoms with Gasteiger partial charge in [-0.3, -0.25) is 14.4 Å². The third-order valence-electron chi connectivity index (χ3n) is 4.01. The highest BCUT2D eigenvalue weighted by Crippen LogP contribution is 2.04. The second-order valence-electron chi connectivity index (χ2n) is 6.15. The van der Waals surface area contributed by atoms with E-state index in [0.717, 1.165) is 6.42 Å². The molecule has 0 saturated heterocycles. The molecule has 0 saturated carbocycles. The number of carboxylic acids is 1. The molecule has 0 aromatic carbocycles. The highest BCUT2D eigenvalue weighted by molar-refractivity contribution is 5.90. The molecule has 3 unspecified atom stereocenters. The van der Waals surface area contributed by atoms with Crippen molar-refractivity contribution in [3.05, 3.63) is 0 Å². The Morgan fingerprint density at radius 2 is 1.65 bits per heavy atom. The van der Waals surface area contributed by atoms with Crippen molar-refractivity contribution in [1.29, 1.82) is 0 Å². The number of amides is 3. The molecule has 150 valence electrons. The average Bonchev–Trinajstić information content (AvgIpc) is 2.62. The molecule has 0 rings (SSSR count). The van der Waals surface area contributed by atoms with Gasteiger partial charge in [-0.2, -0.15) is 0 Å². The molecule has 0 spiro atoms. The van der Waals surface area contributed by atoms with Crippen LogP contribution in [0.5, 0.6) is 0 Å². The lowest BCUT2D eigenvalue weighted by Crippen LogP contribution is -2.49. The van der Waals surface area contributed by atoms with Gasteiger partial charge in [-0.05, 0) is 31.7 Å². The van der Waals surface area contributed by atoms with Gasteiger partial charge in [-0.1, -0.05) is 20.3 Å². The van der Waals surface area contributed by atoms with Crippen molar-refractivity contribution >= 4 is 23.7 Å². The van der Waals surface area contributed by atoms with Gasteiger partial charge >= 0.3 is 5.97 Å². The Balaban J connectivity index is 4.18. The van der Waals surface area contributed by atoms with E-state index in [1.54, 1.807) is 0 Å². The van der Waals surface area contributed by atoms with Crippen LogP contribution < -0.4 is 27.4 Å². The van der Waals surface area contributed by atoms with E-state index >= 15 is 0 Å². The Hall–Kier alpha value is -2.20. The van der Waals surface area contributed by atoms with Gasteiger partial charge in [0.15, 0.2) is 0 Å². The smallest absolute Gasteiger partial charge is 0.326 e. The Morgan fingerprint density at radius 1 is 1.04 bits per heavy atom. The minimum absolute atomic E-state index is 0.0175. The largest absolute Gasteiger partial charge is 0.480 e. The summed E-state index contributed by atoms with van der Waals surface area (Å²) in [5.41, 5.74) is 11.1. The predicted molar refractivity (Wildman–Crippen MR) is 95.9 cm³/mol. The number of aliphatic carboxylic acids is 1. The summed E-state index contributed by atoms with van der Waals surface area (Å²) in [6.07, 6.45) is 2.23. The molecule has 3 amide bonds. The molecule has 0 aromatic heterocycles. The van der Waals surface area contributed by atoms with Gasteiger partial charge in [-0.25, -0.2) is 4.79 Å². The van der Waals surface area contributed by atoms with Gasteiger partial charge in [0.05, 0.1) is 19.1 Å². The highest BCUT2D eigenvalue weighted by Gasteiger charge is 2.21. The van der Waals surface area contributed by atoms with E-state index in [0.29, 0.717) is 19.4 Å². The average molecular weight is 373 g/mol. The molecule has 0 aliphatic rings. The topological polar surface area (TPSA) is 177 Å². The van der Waals surface area contributed by atoms with Crippen LogP contribution in [0.2, 0.25) is 0 Å². The van der Waals surface area contributed by atoms with Crippen molar-refractivity contribution in [3.63, 3.8) is 0 Å². The molecule has 10 nitrogen and oxygen atoms in total. The maximum Gasteiger partial charge on any atom is 0.326 e. The fourth-order valence-electron chi connectivity index (χ4n) is 2.03. The van der Waals surface area contributed by atoms with Gasteiger partial charge in [0.1, 0.15) is 6.04 Å². The predicted octanol–water partition coefficient (Wildman–Crippen LogP) is -1.71. The van der Waals surface area contributed by atoms with Gasteiger partial charge < -0.3 is 32.5 Å². The second kappa shape index (κ2) is 13.1. The lowest BCUT2D eigenvalue weighted by Gasteiger charge is -2.17. The molecule has 8 N–H and O–H groups in total. The molecule has 26 heavy (non-hydrogen) atoms. The number of nitrogens with two attached hydrogens (primary N) is 2. The summed E-state index contributed by atoms with van der Waals surface area (Å²) in [5, 5.41) is 16.1. The Kier molecular flexibility index (Phi) is 12.0. The van der Waals surface area contributed by atoms with Crippen LogP contribution in [-0.2, 0) is 19.2 Å². The quantitative estimate of drug-likeness (QED) is 0.208. The van der Waals surface area contributed by atoms with Crippen molar-refractivity contribution in [2.45, 2.75) is 51.6 Å². The van der Waals surface area contributed by atoms with E-state index in [4.69, 9.17) is 16.6 Å². The van der Waals surface area contributed by atoms with Crippen LogP contribution in [0.15, 0.2) is 0 Å². The minimum atomic E-state index is -1.15. The maximum absolute atomic E-state index is 11.8. The van der Waals surface area contributed by atoms with E-state index < -0.39 is 35.8 Å². The molecule has 0 aliphatic carbocycles. The molecule has 0 bridgehead atoms. The number of rotatable bonds is 13. The van der Waals surface area contributed by atoms with E-state index in [1.165, 1.54) is 0 Å². The van der Waals surface area contributed by atoms with Crippen LogP contribution in [0.25, 0.3) is 0 Å². The number of carbonyl (C=O) groups is 4. The van der Waals surface area contributed by atoms with Crippen LogP contribution in [-0.4, -0.2) is 60.5 Å². The molecule has 0 aliphatic heterocycles. The van der Waals surface area contributed by atoms with Crippen molar-refractivity contribution in [2.75, 3.05) is 19.6 Å². The van der Waals surface area contributed by atoms with Crippen LogP contribution in [0.4, 0.5) is 0 Å². The monoisotopic (exact) mass is 373 g/mol. The van der Waals surface area contributed by atoms with E-state index in [9.17, 15) is 19.2 Å². The van der Waals surface area contributed by atoms with Crippen molar-refractivity contribution in [2.24, 2.45) is 17.4 Å². The van der Waals surface area contributed by atoms with Crippen LogP contribution in [0.1, 0.15) is 39.5 Å². The van der Waals surface area contributed by atoms with Gasteiger partial charge in [0, 0.05) is 0 Å². The molecule has 0 radical (unpaired) electrons. The van der Waals surface area contributed by atoms with E-state index in [1.807, 2.05) is 13.8 Å². The Morgan fingerprint density at radius 3 is 2.19 bits per heavy atom. The van der Waals surface area contributed by atoms with Crippen molar-refractivity contribution in [1.82, 2.24) is 16.0 Å². The first-order valence-corrected chi connectivity index (χ1v) is 8.75. The number of hydrogen-bond acceptors (Lipinski definition) is 6. The normalized spacial score (nSPS) is 14.0. The standard InChI is InChI=1S/C16H31N5O5/c1-3-10(2)14(18)15(24)20-8-12(22)19-9-13(23)21-11(16(25)26)6-4-5-7-17/h10-11,14H,3-9,17-18H2,1-2H3,(H,19,22)(H,20,24)(H,21,23)(H,25,26). The van der Waals surface area contributed by atoms with Gasteiger partial charge in [0.25, 0.3) is 0 Å². The molecule has 0 fully saturated rings. The molecule has 10 heteroatoms. The zero-order valence-electron chi connectivity index (χ0n) is 15.4. The molecule has 0 aromatic rings. The zero-order chi connectivity index (χ0) is 20.1. The minimum Gasteiger partial charge on any atom is -0.480 e. The summed E-state index contributed by atoms with van der Waals surface area (Å²) in [6, 6.07) is -1.74. The number of carbonyl (C=O) groups excluding carboxylic acids is 3. The lowest BCUT2D eigenvalue weighted by atomic mass is 9.99. The van der Waals surface area contributed by atoms with Crippen molar-refractivity contribution in [3.8, 4) is 0 Å². The summed E-state index contributed by atoms with van der Waals surface area (Å²) in [7, 11) is 0. The van der Waals surface area contributed by atoms with E-state index in [2.05, 4.69) is 16.0 Å². The summed E-state index contributed by atoms with van der Waals surface area (Å²) < 4.78 is 0. The number of unbranched alkanes of at least 4 members (excludes halogenated alkanes) is 1. The number of hydrogen-bond donors (Lipinski definition) is 6. The van der Waals surface area contributed by atoms with Crippen LogP contribution in [0, 0.1) is 5.92 Å². The maximum atomic E-state index is 11.8. The molecule has 0 heterocycles. The summed E-state index contributed by atoms with van der Waals surface area (Å²) in [6.45, 7) is 3.50. The zero-order valence-corrected chi connectivity index (χ0v) is 15.4. The third-order valence-corrected chi connectivity index (χ3v) is 4.01. The SMILES string of the molecule is CCC(C)C(N)C(=O)NCC(=O)NCC(=O)NC(CCCCN)C(=O)O. The number of carboxylic acid groups (broad SMARTS) is 1. The third kappa shape index (κ3) is 9.94. The fraction of sp³-hybridized carbons (Fsp3) is 0.750. The van der Waals surface area contributed by atoms with Gasteiger partial charge in [-0.15, -0.1) is 0 Å². The molecular weight excluding hydrogens is 342 g/mol. The van der Waals surface area contributed by atoms with Crippen LogP contribution in [0.3, 0.4) is 0 Å². The summed E-state index contributed by atoms with van der Waals surface area (Å²) in [4.78, 5) is 46.3. The summed E-state index contributed by atoms with van der Waals surface area (Å²) >= 11 is 0. The first-order chi connectivity index (χ1) is 12.2. The van der Waals surface area contributed by atoms with E-state index in [-0.39, 0.29) is 25.4 Å². The highest BCUT2D eigenvalue weighted by atomic mass is 16.4. The molecular formula is C16H31N5O5. The second-order valence-corrected chi connectivity index (χ2v) is 6.15. The Labute approximate surface area is 153 Å². The first-order valence-electron chi connectivity index (χ1n) is 8.75. The lowest BCUT2D eigenvalue weighted by molar-refractivity contribution is -0.142. The number of nitrogens with one attached hydrogen (secondary N) is 3. The van der Waals surface area contributed by atoms with Gasteiger partial charge in [0.2, 0.25) is 17.7 Å².